The maximum atomic E-state index is 12.1. The van der Waals surface area contributed by atoms with Crippen LogP contribution >= 0.6 is 11.3 Å². The van der Waals surface area contributed by atoms with Crippen LogP contribution in [0.3, 0.4) is 0 Å². The van der Waals surface area contributed by atoms with Gasteiger partial charge in [0.1, 0.15) is 5.00 Å². The predicted molar refractivity (Wildman–Crippen MR) is 91.9 cm³/mol. The van der Waals surface area contributed by atoms with E-state index in [1.54, 1.807) is 18.3 Å². The molecule has 7 nitrogen and oxygen atoms in total. The number of anilines is 1. The summed E-state index contributed by atoms with van der Waals surface area (Å²) in [6.45, 7) is 0.911. The van der Waals surface area contributed by atoms with Crippen molar-refractivity contribution in [1.82, 2.24) is 10.3 Å². The van der Waals surface area contributed by atoms with Crippen LogP contribution in [0, 0.1) is 0 Å². The molecule has 0 aliphatic carbocycles. The average molecular weight is 347 g/mol. The monoisotopic (exact) mass is 347 g/mol. The number of aromatic amines is 1. The van der Waals surface area contributed by atoms with Gasteiger partial charge in [-0.2, -0.15) is 0 Å². The van der Waals surface area contributed by atoms with Crippen LogP contribution in [0.4, 0.5) is 5.00 Å². The van der Waals surface area contributed by atoms with Crippen LogP contribution in [-0.2, 0) is 9.53 Å². The maximum Gasteiger partial charge on any atom is 0.261 e. The van der Waals surface area contributed by atoms with Gasteiger partial charge < -0.3 is 25.5 Å². The number of carbonyl (C=O) groups is 2. The van der Waals surface area contributed by atoms with Crippen molar-refractivity contribution < 1.29 is 19.4 Å². The zero-order valence-corrected chi connectivity index (χ0v) is 13.6. The van der Waals surface area contributed by atoms with Gasteiger partial charge in [0.15, 0.2) is 0 Å². The fourth-order valence-electron chi connectivity index (χ4n) is 2.31. The molecule has 0 spiro atoms. The second-order valence-corrected chi connectivity index (χ2v) is 6.14. The number of nitrogens with one attached hydrogen (secondary N) is 3. The van der Waals surface area contributed by atoms with E-state index in [1.807, 2.05) is 12.1 Å². The van der Waals surface area contributed by atoms with Crippen molar-refractivity contribution in [3.05, 3.63) is 40.5 Å². The zero-order valence-electron chi connectivity index (χ0n) is 12.8. The molecular formula is C16H17N3O4S. The Bertz CT molecular complexity index is 764. The molecule has 0 unspecified atom stereocenters. The predicted octanol–water partition coefficient (Wildman–Crippen LogP) is 1.31. The molecule has 0 bridgehead atoms. The van der Waals surface area contributed by atoms with Gasteiger partial charge in [-0.25, -0.2) is 0 Å². The van der Waals surface area contributed by atoms with Crippen LogP contribution in [0.15, 0.2) is 24.4 Å². The first-order valence-electron chi connectivity index (χ1n) is 7.46. The summed E-state index contributed by atoms with van der Waals surface area (Å²) in [5, 5.41) is 14.8. The van der Waals surface area contributed by atoms with E-state index in [-0.39, 0.29) is 25.0 Å². The minimum absolute atomic E-state index is 0.0405. The van der Waals surface area contributed by atoms with Gasteiger partial charge in [-0.05, 0) is 24.3 Å². The summed E-state index contributed by atoms with van der Waals surface area (Å²) in [5.74, 6) is -0.384. The number of fused-ring (bicyclic) bond motifs is 1. The molecular weight excluding hydrogens is 330 g/mol. The molecule has 8 heteroatoms. The lowest BCUT2D eigenvalue weighted by molar-refractivity contribution is -0.110. The molecule has 1 aliphatic rings. The first-order valence-corrected chi connectivity index (χ1v) is 8.28. The Morgan fingerprint density at radius 1 is 1.42 bits per heavy atom. The molecule has 3 rings (SSSR count). The third-order valence-corrected chi connectivity index (χ3v) is 4.46. The summed E-state index contributed by atoms with van der Waals surface area (Å²) in [7, 11) is 0. The van der Waals surface area contributed by atoms with Crippen molar-refractivity contribution in [3.8, 4) is 0 Å². The zero-order chi connectivity index (χ0) is 16.9. The van der Waals surface area contributed by atoms with Gasteiger partial charge in [-0.1, -0.05) is 0 Å². The van der Waals surface area contributed by atoms with E-state index in [0.29, 0.717) is 28.6 Å². The highest BCUT2D eigenvalue weighted by Crippen LogP contribution is 2.39. The lowest BCUT2D eigenvalue weighted by Gasteiger charge is -2.04. The smallest absolute Gasteiger partial charge is 0.261 e. The number of aliphatic hydroxyl groups is 1. The van der Waals surface area contributed by atoms with Gasteiger partial charge in [-0.3, -0.25) is 9.59 Å². The normalized spacial score (nSPS) is 14.7. The third-order valence-electron chi connectivity index (χ3n) is 3.41. The molecule has 2 aromatic heterocycles. The molecule has 126 valence electrons. The highest BCUT2D eigenvalue weighted by atomic mass is 32.1. The van der Waals surface area contributed by atoms with Gasteiger partial charge in [-0.15, -0.1) is 11.3 Å². The molecule has 0 saturated carbocycles. The van der Waals surface area contributed by atoms with E-state index in [2.05, 4.69) is 15.6 Å². The topological polar surface area (TPSA) is 103 Å². The van der Waals surface area contributed by atoms with Crippen LogP contribution in [0.1, 0.15) is 20.9 Å². The quantitative estimate of drug-likeness (QED) is 0.448. The van der Waals surface area contributed by atoms with Gasteiger partial charge in [0.25, 0.3) is 11.8 Å². The summed E-state index contributed by atoms with van der Waals surface area (Å²) >= 11 is 1.24. The lowest BCUT2D eigenvalue weighted by atomic mass is 10.1. The molecule has 0 aromatic carbocycles. The molecule has 0 saturated heterocycles. The number of H-pyrrole nitrogens is 1. The molecule has 0 radical (unpaired) electrons. The number of aromatic nitrogens is 1. The standard InChI is InChI=1S/C16H17N3O4S/c20-5-7-23-6-4-18-15(22)13-9-12-11(8-10-2-1-3-17-10)14(21)19-16(12)24-13/h1-3,8-9,17,20H,4-7H2,(H,18,22)(H,19,21)/b11-8+. The summed E-state index contributed by atoms with van der Waals surface area (Å²) in [5.41, 5.74) is 2.10. The molecule has 0 fully saturated rings. The first kappa shape index (κ1) is 16.4. The van der Waals surface area contributed by atoms with Gasteiger partial charge >= 0.3 is 0 Å². The highest BCUT2D eigenvalue weighted by Gasteiger charge is 2.28. The fourth-order valence-corrected chi connectivity index (χ4v) is 3.30. The Balaban J connectivity index is 1.68. The van der Waals surface area contributed by atoms with Crippen LogP contribution in [0.2, 0.25) is 0 Å². The number of carbonyl (C=O) groups excluding carboxylic acids is 2. The van der Waals surface area contributed by atoms with E-state index in [9.17, 15) is 9.59 Å². The summed E-state index contributed by atoms with van der Waals surface area (Å²) < 4.78 is 5.09. The van der Waals surface area contributed by atoms with E-state index in [0.717, 1.165) is 11.3 Å². The van der Waals surface area contributed by atoms with E-state index >= 15 is 0 Å². The largest absolute Gasteiger partial charge is 0.394 e. The second kappa shape index (κ2) is 7.43. The second-order valence-electron chi connectivity index (χ2n) is 5.08. The van der Waals surface area contributed by atoms with Crippen molar-refractivity contribution in [3.63, 3.8) is 0 Å². The number of ether oxygens (including phenoxy) is 1. The minimum atomic E-state index is -0.213. The SMILES string of the molecule is O=C1Nc2sc(C(=O)NCCOCCO)cc2/C1=C\c1ccc[nH]1. The number of hydrogen-bond donors (Lipinski definition) is 4. The molecule has 3 heterocycles. The number of thiophene rings is 1. The highest BCUT2D eigenvalue weighted by molar-refractivity contribution is 7.18. The van der Waals surface area contributed by atoms with Crippen molar-refractivity contribution in [2.75, 3.05) is 31.7 Å². The maximum absolute atomic E-state index is 12.1. The fraction of sp³-hybridized carbons (Fsp3) is 0.250. The number of aliphatic hydroxyl groups excluding tert-OH is 1. The van der Waals surface area contributed by atoms with Crippen molar-refractivity contribution >= 4 is 39.8 Å². The van der Waals surface area contributed by atoms with Crippen molar-refractivity contribution in [1.29, 1.82) is 0 Å². The van der Waals surface area contributed by atoms with Crippen LogP contribution in [-0.4, -0.2) is 48.3 Å². The first-order chi connectivity index (χ1) is 11.7. The Labute approximate surface area is 142 Å². The molecule has 4 N–H and O–H groups in total. The molecule has 1 aliphatic heterocycles. The Morgan fingerprint density at radius 2 is 2.29 bits per heavy atom. The van der Waals surface area contributed by atoms with Gasteiger partial charge in [0.05, 0.1) is 30.3 Å². The van der Waals surface area contributed by atoms with Crippen LogP contribution in [0.5, 0.6) is 0 Å². The number of hydrogen-bond acceptors (Lipinski definition) is 5. The average Bonchev–Trinajstić information content (AvgIpc) is 3.26. The summed E-state index contributed by atoms with van der Waals surface area (Å²) in [6.07, 6.45) is 3.55. The third kappa shape index (κ3) is 3.56. The Kier molecular flexibility index (Phi) is 5.09. The Morgan fingerprint density at radius 3 is 3.04 bits per heavy atom. The minimum Gasteiger partial charge on any atom is -0.394 e. The van der Waals surface area contributed by atoms with Gasteiger partial charge in [0.2, 0.25) is 0 Å². The molecule has 2 amide bonds. The van der Waals surface area contributed by atoms with Crippen LogP contribution < -0.4 is 10.6 Å². The molecule has 2 aromatic rings. The van der Waals surface area contributed by atoms with E-state index < -0.39 is 0 Å². The lowest BCUT2D eigenvalue weighted by Crippen LogP contribution is -2.26. The van der Waals surface area contributed by atoms with Crippen LogP contribution in [0.25, 0.3) is 11.6 Å². The van der Waals surface area contributed by atoms with Crippen molar-refractivity contribution in [2.45, 2.75) is 0 Å². The van der Waals surface area contributed by atoms with E-state index in [4.69, 9.17) is 9.84 Å². The Hall–Kier alpha value is -2.42. The number of amides is 2. The molecule has 0 atom stereocenters. The summed E-state index contributed by atoms with van der Waals surface area (Å²) in [4.78, 5) is 27.7. The van der Waals surface area contributed by atoms with Crippen molar-refractivity contribution in [2.24, 2.45) is 0 Å². The number of rotatable bonds is 7. The molecule has 24 heavy (non-hydrogen) atoms. The van der Waals surface area contributed by atoms with E-state index in [1.165, 1.54) is 11.3 Å². The van der Waals surface area contributed by atoms with Gasteiger partial charge in [0, 0.05) is 24.0 Å². The summed E-state index contributed by atoms with van der Waals surface area (Å²) in [6, 6.07) is 5.44.